The third-order valence-electron chi connectivity index (χ3n) is 4.66. The number of anilines is 2. The molecule has 1 heterocycles. The van der Waals surface area contributed by atoms with Gasteiger partial charge in [-0.15, -0.1) is 0 Å². The van der Waals surface area contributed by atoms with Crippen molar-refractivity contribution < 1.29 is 14.5 Å². The largest absolute Gasteiger partial charge is 0.371 e. The highest BCUT2D eigenvalue weighted by molar-refractivity contribution is 6.09. The normalized spacial score (nSPS) is 13.3. The molecule has 0 spiro atoms. The number of nitrogens with one attached hydrogen (secondary N) is 1. The summed E-state index contributed by atoms with van der Waals surface area (Å²) >= 11 is 0. The highest BCUT2D eigenvalue weighted by Gasteiger charge is 2.23. The molecule has 0 radical (unpaired) electrons. The molecule has 1 fully saturated rings. The molecule has 1 N–H and O–H groups in total. The fourth-order valence-corrected chi connectivity index (χ4v) is 3.24. The van der Waals surface area contributed by atoms with E-state index in [1.165, 1.54) is 17.0 Å². The second-order valence-electron chi connectivity index (χ2n) is 6.89. The molecule has 1 aliphatic rings. The van der Waals surface area contributed by atoms with Gasteiger partial charge in [-0.25, -0.2) is 0 Å². The number of rotatable bonds is 5. The first kappa shape index (κ1) is 19.3. The predicted octanol–water partition coefficient (Wildman–Crippen LogP) is 3.15. The van der Waals surface area contributed by atoms with Crippen molar-refractivity contribution in [3.05, 3.63) is 63.7 Å². The van der Waals surface area contributed by atoms with Gasteiger partial charge < -0.3 is 15.1 Å². The zero-order valence-electron chi connectivity index (χ0n) is 15.8. The molecule has 8 heteroatoms. The number of hydrogen-bond acceptors (Lipinski definition) is 5. The summed E-state index contributed by atoms with van der Waals surface area (Å²) in [4.78, 5) is 39.2. The molecular weight excluding hydrogens is 360 g/mol. The monoisotopic (exact) mass is 382 g/mol. The fourth-order valence-electron chi connectivity index (χ4n) is 3.24. The smallest absolute Gasteiger partial charge is 0.270 e. The summed E-state index contributed by atoms with van der Waals surface area (Å²) in [6.07, 6.45) is 2.04. The van der Waals surface area contributed by atoms with Gasteiger partial charge in [0.15, 0.2) is 0 Å². The van der Waals surface area contributed by atoms with Crippen LogP contribution >= 0.6 is 0 Å². The summed E-state index contributed by atoms with van der Waals surface area (Å²) in [7, 11) is 3.30. The van der Waals surface area contributed by atoms with Crippen molar-refractivity contribution in [3.63, 3.8) is 0 Å². The standard InChI is InChI=1S/C20H22N4O4/c1-22(2)20(26)14-6-5-7-15(12-14)21-19(25)17-13-16(24(27)28)8-9-18(17)23-10-3-4-11-23/h5-9,12-13H,3-4,10-11H2,1-2H3,(H,21,25). The van der Waals surface area contributed by atoms with E-state index in [1.807, 2.05) is 0 Å². The van der Waals surface area contributed by atoms with Crippen LogP contribution in [0, 0.1) is 10.1 Å². The molecule has 146 valence electrons. The maximum absolute atomic E-state index is 12.9. The lowest BCUT2D eigenvalue weighted by Gasteiger charge is -2.21. The summed E-state index contributed by atoms with van der Waals surface area (Å²) < 4.78 is 0. The van der Waals surface area contributed by atoms with Gasteiger partial charge in [-0.05, 0) is 37.1 Å². The lowest BCUT2D eigenvalue weighted by atomic mass is 10.1. The van der Waals surface area contributed by atoms with E-state index in [2.05, 4.69) is 10.2 Å². The van der Waals surface area contributed by atoms with Gasteiger partial charge in [0, 0.05) is 50.6 Å². The molecule has 2 amide bonds. The second-order valence-corrected chi connectivity index (χ2v) is 6.89. The van der Waals surface area contributed by atoms with Gasteiger partial charge in [0.25, 0.3) is 17.5 Å². The van der Waals surface area contributed by atoms with Crippen LogP contribution in [-0.4, -0.2) is 48.8 Å². The lowest BCUT2D eigenvalue weighted by molar-refractivity contribution is -0.384. The molecular formula is C20H22N4O4. The fraction of sp³-hybridized carbons (Fsp3) is 0.300. The zero-order valence-corrected chi connectivity index (χ0v) is 15.8. The molecule has 8 nitrogen and oxygen atoms in total. The number of nitro groups is 1. The molecule has 0 atom stereocenters. The third kappa shape index (κ3) is 4.11. The van der Waals surface area contributed by atoms with Gasteiger partial charge >= 0.3 is 0 Å². The highest BCUT2D eigenvalue weighted by atomic mass is 16.6. The molecule has 0 aromatic heterocycles. The number of carbonyl (C=O) groups is 2. The van der Waals surface area contributed by atoms with Crippen molar-refractivity contribution in [1.82, 2.24) is 4.90 Å². The first-order valence-corrected chi connectivity index (χ1v) is 9.03. The Kier molecular flexibility index (Phi) is 5.58. The van der Waals surface area contributed by atoms with Gasteiger partial charge in [-0.2, -0.15) is 0 Å². The van der Waals surface area contributed by atoms with Crippen LogP contribution < -0.4 is 10.2 Å². The zero-order chi connectivity index (χ0) is 20.3. The van der Waals surface area contributed by atoms with Gasteiger partial charge in [0.1, 0.15) is 0 Å². The SMILES string of the molecule is CN(C)C(=O)c1cccc(NC(=O)c2cc([N+](=O)[O-])ccc2N2CCCC2)c1. The van der Waals surface area contributed by atoms with Crippen molar-refractivity contribution in [1.29, 1.82) is 0 Å². The molecule has 0 saturated carbocycles. The van der Waals surface area contributed by atoms with Crippen molar-refractivity contribution in [2.45, 2.75) is 12.8 Å². The maximum atomic E-state index is 12.9. The number of hydrogen-bond donors (Lipinski definition) is 1. The number of nitro benzene ring substituents is 1. The number of amides is 2. The van der Waals surface area contributed by atoms with E-state index in [-0.39, 0.29) is 17.2 Å². The van der Waals surface area contributed by atoms with E-state index in [4.69, 9.17) is 0 Å². The van der Waals surface area contributed by atoms with E-state index < -0.39 is 10.8 Å². The number of non-ortho nitro benzene ring substituents is 1. The Labute approximate surface area is 162 Å². The molecule has 1 aliphatic heterocycles. The van der Waals surface area contributed by atoms with E-state index >= 15 is 0 Å². The first-order valence-electron chi connectivity index (χ1n) is 9.03. The molecule has 0 bridgehead atoms. The van der Waals surface area contributed by atoms with E-state index in [9.17, 15) is 19.7 Å². The van der Waals surface area contributed by atoms with Crippen LogP contribution in [0.1, 0.15) is 33.6 Å². The molecule has 2 aromatic rings. The van der Waals surface area contributed by atoms with Gasteiger partial charge in [0.2, 0.25) is 0 Å². The number of nitrogens with zero attached hydrogens (tertiary/aromatic N) is 3. The van der Waals surface area contributed by atoms with Gasteiger partial charge in [0.05, 0.1) is 16.2 Å². The molecule has 2 aromatic carbocycles. The summed E-state index contributed by atoms with van der Waals surface area (Å²) in [6.45, 7) is 1.62. The summed E-state index contributed by atoms with van der Waals surface area (Å²) in [5.41, 5.74) is 1.70. The summed E-state index contributed by atoms with van der Waals surface area (Å²) in [6, 6.07) is 11.0. The van der Waals surface area contributed by atoms with Crippen molar-refractivity contribution in [2.75, 3.05) is 37.4 Å². The topological polar surface area (TPSA) is 95.8 Å². The molecule has 3 rings (SSSR count). The molecule has 1 saturated heterocycles. The maximum Gasteiger partial charge on any atom is 0.270 e. The van der Waals surface area contributed by atoms with Crippen LogP contribution in [0.25, 0.3) is 0 Å². The quantitative estimate of drug-likeness (QED) is 0.633. The lowest BCUT2D eigenvalue weighted by Crippen LogP contribution is -2.23. The Morgan fingerprint density at radius 3 is 2.46 bits per heavy atom. The van der Waals surface area contributed by atoms with E-state index in [0.29, 0.717) is 16.9 Å². The Hall–Kier alpha value is -3.42. The van der Waals surface area contributed by atoms with Crippen LogP contribution in [0.2, 0.25) is 0 Å². The summed E-state index contributed by atoms with van der Waals surface area (Å²) in [5, 5.41) is 13.9. The average Bonchev–Trinajstić information content (AvgIpc) is 3.21. The minimum atomic E-state index is -0.513. The van der Waals surface area contributed by atoms with Crippen molar-refractivity contribution >= 4 is 28.9 Å². The first-order chi connectivity index (χ1) is 13.4. The van der Waals surface area contributed by atoms with Crippen LogP contribution in [0.5, 0.6) is 0 Å². The molecule has 0 unspecified atom stereocenters. The minimum absolute atomic E-state index is 0.135. The van der Waals surface area contributed by atoms with Crippen LogP contribution in [-0.2, 0) is 0 Å². The van der Waals surface area contributed by atoms with Gasteiger partial charge in [-0.3, -0.25) is 19.7 Å². The van der Waals surface area contributed by atoms with Crippen LogP contribution in [0.15, 0.2) is 42.5 Å². The second kappa shape index (κ2) is 8.08. The van der Waals surface area contributed by atoms with Crippen molar-refractivity contribution in [2.24, 2.45) is 0 Å². The van der Waals surface area contributed by atoms with Crippen LogP contribution in [0.4, 0.5) is 17.1 Å². The number of carbonyl (C=O) groups excluding carboxylic acids is 2. The average molecular weight is 382 g/mol. The van der Waals surface area contributed by atoms with Crippen LogP contribution in [0.3, 0.4) is 0 Å². The minimum Gasteiger partial charge on any atom is -0.371 e. The Bertz CT molecular complexity index is 920. The Morgan fingerprint density at radius 2 is 1.82 bits per heavy atom. The molecule has 28 heavy (non-hydrogen) atoms. The van der Waals surface area contributed by atoms with E-state index in [1.54, 1.807) is 44.4 Å². The third-order valence-corrected chi connectivity index (χ3v) is 4.66. The predicted molar refractivity (Wildman–Crippen MR) is 107 cm³/mol. The highest BCUT2D eigenvalue weighted by Crippen LogP contribution is 2.29. The number of benzene rings is 2. The van der Waals surface area contributed by atoms with E-state index in [0.717, 1.165) is 25.9 Å². The molecule has 0 aliphatic carbocycles. The Balaban J connectivity index is 1.91. The van der Waals surface area contributed by atoms with Crippen molar-refractivity contribution in [3.8, 4) is 0 Å². The Morgan fingerprint density at radius 1 is 1.11 bits per heavy atom. The summed E-state index contributed by atoms with van der Waals surface area (Å²) in [5.74, 6) is -0.621. The van der Waals surface area contributed by atoms with Gasteiger partial charge in [-0.1, -0.05) is 6.07 Å².